The van der Waals surface area contributed by atoms with Crippen LogP contribution in [0.25, 0.3) is 16.9 Å². The van der Waals surface area contributed by atoms with E-state index >= 15 is 0 Å². The molecule has 1 aliphatic heterocycles. The molecule has 0 saturated carbocycles. The predicted octanol–water partition coefficient (Wildman–Crippen LogP) is 1.22. The van der Waals surface area contributed by atoms with Gasteiger partial charge in [-0.15, -0.1) is 0 Å². The third-order valence-electron chi connectivity index (χ3n) is 4.31. The van der Waals surface area contributed by atoms with Gasteiger partial charge in [-0.1, -0.05) is 18.2 Å². The Labute approximate surface area is 147 Å². The topological polar surface area (TPSA) is 111 Å². The second kappa shape index (κ2) is 5.40. The minimum Gasteiger partial charge on any atom is -0.476 e. The smallest absolute Gasteiger partial charge is 0.356 e. The number of fused-ring (bicyclic) bond motifs is 3. The van der Waals surface area contributed by atoms with Gasteiger partial charge in [-0.3, -0.25) is 4.79 Å². The summed E-state index contributed by atoms with van der Waals surface area (Å²) in [5.74, 6) is -1.74. The molecule has 0 spiro atoms. The molecule has 132 valence electrons. The number of hydrogen-bond donors (Lipinski definition) is 1. The fourth-order valence-corrected chi connectivity index (χ4v) is 4.72. The van der Waals surface area contributed by atoms with Gasteiger partial charge in [0.1, 0.15) is 0 Å². The monoisotopic (exact) mass is 371 g/mol. The molecule has 2 aromatic heterocycles. The van der Waals surface area contributed by atoms with Crippen LogP contribution in [0, 0.1) is 0 Å². The van der Waals surface area contributed by atoms with Crippen LogP contribution in [0.2, 0.25) is 0 Å². The van der Waals surface area contributed by atoms with E-state index < -0.39 is 21.6 Å². The van der Waals surface area contributed by atoms with Crippen LogP contribution >= 0.6 is 0 Å². The van der Waals surface area contributed by atoms with Crippen LogP contribution in [0.1, 0.15) is 16.1 Å². The van der Waals surface area contributed by atoms with Crippen LogP contribution in [0.5, 0.6) is 0 Å². The Morgan fingerprint density at radius 1 is 1.19 bits per heavy atom. The standard InChI is InChI=1S/C17H13N3O5S/c1-19-8-10(6-7-14(19)21)20-16-11-4-2-3-5-13(11)26(24,25)9-12(16)15(18-20)17(22)23/h2-8H,9H2,1H3,(H,22,23). The number of carbonyl (C=O) groups is 1. The number of rotatable bonds is 2. The van der Waals surface area contributed by atoms with E-state index in [1.54, 1.807) is 25.2 Å². The molecule has 0 aliphatic carbocycles. The first-order valence-corrected chi connectivity index (χ1v) is 9.29. The molecule has 0 fully saturated rings. The third kappa shape index (κ3) is 2.28. The van der Waals surface area contributed by atoms with Crippen molar-refractivity contribution in [3.8, 4) is 16.9 Å². The minimum absolute atomic E-state index is 0.135. The molecule has 0 atom stereocenters. The van der Waals surface area contributed by atoms with E-state index in [4.69, 9.17) is 0 Å². The molecule has 8 nitrogen and oxygen atoms in total. The molecule has 1 N–H and O–H groups in total. The highest BCUT2D eigenvalue weighted by molar-refractivity contribution is 7.90. The van der Waals surface area contributed by atoms with E-state index in [9.17, 15) is 23.1 Å². The number of aromatic nitrogens is 3. The molecule has 9 heteroatoms. The second-order valence-corrected chi connectivity index (χ2v) is 7.94. The highest BCUT2D eigenvalue weighted by Crippen LogP contribution is 2.40. The molecule has 4 rings (SSSR count). The van der Waals surface area contributed by atoms with Crippen molar-refractivity contribution in [2.24, 2.45) is 7.05 Å². The Bertz CT molecular complexity index is 1240. The lowest BCUT2D eigenvalue weighted by Gasteiger charge is -2.19. The van der Waals surface area contributed by atoms with E-state index in [2.05, 4.69) is 5.10 Å². The van der Waals surface area contributed by atoms with E-state index in [-0.39, 0.29) is 21.7 Å². The fourth-order valence-electron chi connectivity index (χ4n) is 3.13. The summed E-state index contributed by atoms with van der Waals surface area (Å²) in [5.41, 5.74) is 0.868. The summed E-state index contributed by atoms with van der Waals surface area (Å²) in [5, 5.41) is 13.6. The minimum atomic E-state index is -3.67. The lowest BCUT2D eigenvalue weighted by molar-refractivity contribution is 0.0689. The Morgan fingerprint density at radius 2 is 1.92 bits per heavy atom. The molecular weight excluding hydrogens is 358 g/mol. The van der Waals surface area contributed by atoms with Gasteiger partial charge in [0.25, 0.3) is 0 Å². The molecule has 26 heavy (non-hydrogen) atoms. The maximum atomic E-state index is 12.6. The van der Waals surface area contributed by atoms with Crippen molar-refractivity contribution >= 4 is 15.8 Å². The molecule has 0 radical (unpaired) electrons. The first-order valence-electron chi connectivity index (χ1n) is 7.64. The number of sulfone groups is 1. The van der Waals surface area contributed by atoms with Crippen LogP contribution in [0.15, 0.2) is 52.3 Å². The van der Waals surface area contributed by atoms with Crippen molar-refractivity contribution in [2.75, 3.05) is 0 Å². The van der Waals surface area contributed by atoms with Gasteiger partial charge in [-0.25, -0.2) is 17.9 Å². The highest BCUT2D eigenvalue weighted by atomic mass is 32.2. The van der Waals surface area contributed by atoms with Crippen LogP contribution in [0.4, 0.5) is 0 Å². The number of pyridine rings is 1. The normalized spacial score (nSPS) is 14.5. The zero-order chi connectivity index (χ0) is 18.6. The summed E-state index contributed by atoms with van der Waals surface area (Å²) in [4.78, 5) is 23.4. The van der Waals surface area contributed by atoms with Crippen LogP contribution < -0.4 is 5.56 Å². The Kier molecular flexibility index (Phi) is 3.38. The molecule has 3 aromatic rings. The van der Waals surface area contributed by atoms with E-state index in [1.807, 2.05) is 0 Å². The SMILES string of the molecule is Cn1cc(-n2nc(C(=O)O)c3c2-c2ccccc2S(=O)(=O)C3)ccc1=O. The van der Waals surface area contributed by atoms with Crippen LogP contribution in [-0.2, 0) is 22.6 Å². The van der Waals surface area contributed by atoms with E-state index in [1.165, 1.54) is 33.6 Å². The molecule has 3 heterocycles. The number of aryl methyl sites for hydroxylation is 1. The molecule has 0 bridgehead atoms. The van der Waals surface area contributed by atoms with Crippen molar-refractivity contribution in [3.63, 3.8) is 0 Å². The average molecular weight is 371 g/mol. The van der Waals surface area contributed by atoms with Gasteiger partial charge in [0, 0.05) is 30.4 Å². The molecule has 0 amide bonds. The summed E-state index contributed by atoms with van der Waals surface area (Å²) < 4.78 is 27.9. The van der Waals surface area contributed by atoms with E-state index in [0.717, 1.165) is 0 Å². The van der Waals surface area contributed by atoms with Gasteiger partial charge >= 0.3 is 5.97 Å². The average Bonchev–Trinajstić information content (AvgIpc) is 2.96. The zero-order valence-corrected chi connectivity index (χ0v) is 14.4. The number of aromatic carboxylic acids is 1. The maximum Gasteiger partial charge on any atom is 0.356 e. The van der Waals surface area contributed by atoms with Gasteiger partial charge in [0.05, 0.1) is 22.0 Å². The summed E-state index contributed by atoms with van der Waals surface area (Å²) in [6.45, 7) is 0. The summed E-state index contributed by atoms with van der Waals surface area (Å²) in [7, 11) is -2.10. The van der Waals surface area contributed by atoms with Crippen molar-refractivity contribution in [1.29, 1.82) is 0 Å². The number of nitrogens with zero attached hydrogens (tertiary/aromatic N) is 3. The van der Waals surface area contributed by atoms with Gasteiger partial charge in [-0.2, -0.15) is 5.10 Å². The summed E-state index contributed by atoms with van der Waals surface area (Å²) in [6, 6.07) is 9.28. The summed E-state index contributed by atoms with van der Waals surface area (Å²) in [6.07, 6.45) is 1.52. The van der Waals surface area contributed by atoms with E-state index in [0.29, 0.717) is 16.9 Å². The van der Waals surface area contributed by atoms with Crippen molar-refractivity contribution in [3.05, 3.63) is 64.2 Å². The molecule has 0 unspecified atom stereocenters. The lowest BCUT2D eigenvalue weighted by Crippen LogP contribution is -2.17. The predicted molar refractivity (Wildman–Crippen MR) is 92.1 cm³/mol. The third-order valence-corrected chi connectivity index (χ3v) is 6.01. The summed E-state index contributed by atoms with van der Waals surface area (Å²) >= 11 is 0. The lowest BCUT2D eigenvalue weighted by atomic mass is 10.1. The quantitative estimate of drug-likeness (QED) is 0.725. The largest absolute Gasteiger partial charge is 0.476 e. The van der Waals surface area contributed by atoms with Gasteiger partial charge in [0.2, 0.25) is 5.56 Å². The Balaban J connectivity index is 2.11. The first kappa shape index (κ1) is 16.3. The molecule has 1 aliphatic rings. The van der Waals surface area contributed by atoms with Gasteiger partial charge in [0.15, 0.2) is 15.5 Å². The maximum absolute atomic E-state index is 12.6. The number of carboxylic acid groups (broad SMARTS) is 1. The van der Waals surface area contributed by atoms with Crippen molar-refractivity contribution in [1.82, 2.24) is 14.3 Å². The van der Waals surface area contributed by atoms with Crippen molar-refractivity contribution < 1.29 is 18.3 Å². The van der Waals surface area contributed by atoms with Gasteiger partial charge in [-0.05, 0) is 12.1 Å². The molecule has 1 aromatic carbocycles. The highest BCUT2D eigenvalue weighted by Gasteiger charge is 2.35. The second-order valence-electron chi connectivity index (χ2n) is 5.98. The zero-order valence-electron chi connectivity index (χ0n) is 13.6. The number of hydrogen-bond acceptors (Lipinski definition) is 5. The fraction of sp³-hybridized carbons (Fsp3) is 0.118. The van der Waals surface area contributed by atoms with Crippen LogP contribution in [0.3, 0.4) is 0 Å². The van der Waals surface area contributed by atoms with Crippen LogP contribution in [-0.4, -0.2) is 33.8 Å². The van der Waals surface area contributed by atoms with Gasteiger partial charge < -0.3 is 9.67 Å². The molecule has 0 saturated heterocycles. The number of carboxylic acids is 1. The Hall–Kier alpha value is -3.20. The Morgan fingerprint density at radius 3 is 2.62 bits per heavy atom. The number of benzene rings is 1. The first-order chi connectivity index (χ1) is 12.3. The molecular formula is C17H13N3O5S. The van der Waals surface area contributed by atoms with Crippen molar-refractivity contribution in [2.45, 2.75) is 10.6 Å².